The Balaban J connectivity index is -0.000000932. The number of hydrogen-bond donors (Lipinski definition) is 6. The summed E-state index contributed by atoms with van der Waals surface area (Å²) in [6.45, 7) is -2.60. The molecule has 2 aliphatic rings. The van der Waals surface area contributed by atoms with Gasteiger partial charge in [-0.3, -0.25) is 0 Å². The third-order valence-electron chi connectivity index (χ3n) is 8.05. The van der Waals surface area contributed by atoms with E-state index in [0.717, 1.165) is 0 Å². The molecule has 2 fully saturated rings. The molecule has 0 saturated heterocycles. The molecule has 55 heavy (non-hydrogen) atoms. The topological polar surface area (TPSA) is 451 Å². The Bertz CT molecular complexity index is 1040. The minimum atomic E-state index is -1.85. The van der Waals surface area contributed by atoms with Crippen LogP contribution in [0.25, 0.3) is 0 Å². The SMILES string of the molecule is O=C([O-])CCN[C@@H]1C([O-])[C@H](NCCC(=O)[O-])[C@H]([O-])C(NCC(=O)[O-])[C@@H]1[O-].O=C([O-])CCN[C@@H]1C([O-])[C@H](NCCC(=O)[O-])[C@H]([O-])C(NCC(=O)[O-])[C@@H]1[O-].[Hf+4].[Hf+4].[Hf+4]. The molecule has 0 spiro atoms. The molecular formula is C28H38Hf3N6O18. The molecule has 0 aromatic rings. The van der Waals surface area contributed by atoms with E-state index in [4.69, 9.17) is 0 Å². The molecule has 4 unspecified atom stereocenters. The second kappa shape index (κ2) is 30.1. The molecule has 0 aromatic heterocycles. The van der Waals surface area contributed by atoms with Crippen molar-refractivity contribution in [3.8, 4) is 0 Å². The van der Waals surface area contributed by atoms with Gasteiger partial charge in [0.2, 0.25) is 0 Å². The van der Waals surface area contributed by atoms with Gasteiger partial charge in [-0.1, -0.05) is 36.6 Å². The van der Waals surface area contributed by atoms with Gasteiger partial charge in [-0.15, -0.1) is 0 Å². The summed E-state index contributed by atoms with van der Waals surface area (Å²) in [6.07, 6.45) is -12.9. The number of carbonyl (C=O) groups excluding carboxylic acids is 6. The average Bonchev–Trinajstić information content (AvgIpc) is 3.03. The molecule has 0 aliphatic heterocycles. The Labute approximate surface area is 370 Å². The van der Waals surface area contributed by atoms with E-state index in [2.05, 4.69) is 31.9 Å². The first-order valence-corrected chi connectivity index (χ1v) is 15.8. The number of carbonyl (C=O) groups is 6. The molecule has 27 heteroatoms. The normalized spacial score (nSPS) is 29.8. The Hall–Kier alpha value is -1.05. The maximum Gasteiger partial charge on any atom is 4.00 e. The molecule has 2 aliphatic carbocycles. The molecule has 0 radical (unpaired) electrons. The van der Waals surface area contributed by atoms with Crippen LogP contribution in [0.3, 0.4) is 0 Å². The van der Waals surface area contributed by atoms with Crippen LogP contribution in [0.1, 0.15) is 25.7 Å². The van der Waals surface area contributed by atoms with Crippen LogP contribution in [0.4, 0.5) is 0 Å². The minimum absolute atomic E-state index is 0. The van der Waals surface area contributed by atoms with Crippen molar-refractivity contribution in [3.05, 3.63) is 0 Å². The van der Waals surface area contributed by atoms with Crippen LogP contribution in [0.15, 0.2) is 0 Å². The molecule has 0 bridgehead atoms. The van der Waals surface area contributed by atoms with Gasteiger partial charge >= 0.3 is 77.5 Å². The van der Waals surface area contributed by atoms with E-state index in [0.29, 0.717) is 0 Å². The summed E-state index contributed by atoms with van der Waals surface area (Å²) >= 11 is 0. The van der Waals surface area contributed by atoms with Crippen LogP contribution >= 0.6 is 0 Å². The van der Waals surface area contributed by atoms with Crippen molar-refractivity contribution in [3.63, 3.8) is 0 Å². The zero-order valence-corrected chi connectivity index (χ0v) is 39.6. The van der Waals surface area contributed by atoms with Gasteiger partial charge in [0.15, 0.2) is 0 Å². The number of nitrogens with one attached hydrogen (secondary N) is 6. The van der Waals surface area contributed by atoms with Crippen molar-refractivity contribution in [1.82, 2.24) is 31.9 Å². The summed E-state index contributed by atoms with van der Waals surface area (Å²) in [6, 6.07) is -8.50. The molecular weight excluding hydrogens is 1240 g/mol. The first-order valence-electron chi connectivity index (χ1n) is 15.8. The van der Waals surface area contributed by atoms with Crippen LogP contribution in [-0.2, 0) is 106 Å². The second-order valence-electron chi connectivity index (χ2n) is 11.8. The van der Waals surface area contributed by atoms with Crippen molar-refractivity contribution in [2.24, 2.45) is 0 Å². The van der Waals surface area contributed by atoms with Crippen LogP contribution in [-0.4, -0.2) is 148 Å². The monoisotopic (exact) mass is 1290 g/mol. The first kappa shape index (κ1) is 58.3. The molecule has 2 rings (SSSR count). The summed E-state index contributed by atoms with van der Waals surface area (Å²) in [7, 11) is 0. The van der Waals surface area contributed by atoms with E-state index in [1.54, 1.807) is 0 Å². The van der Waals surface area contributed by atoms with Crippen LogP contribution in [0, 0.1) is 0 Å². The summed E-state index contributed by atoms with van der Waals surface area (Å²) in [5.41, 5.74) is 0. The van der Waals surface area contributed by atoms with Crippen molar-refractivity contribution in [2.45, 2.75) is 98.6 Å². The van der Waals surface area contributed by atoms with Crippen LogP contribution in [0.5, 0.6) is 0 Å². The molecule has 12 atom stereocenters. The largest absolute Gasteiger partial charge is 4.00 e. The van der Waals surface area contributed by atoms with Gasteiger partial charge in [0.25, 0.3) is 0 Å². The Morgan fingerprint density at radius 1 is 0.309 bits per heavy atom. The van der Waals surface area contributed by atoms with Crippen molar-refractivity contribution in [1.29, 1.82) is 0 Å². The van der Waals surface area contributed by atoms with Crippen molar-refractivity contribution < 1.29 is 168 Å². The molecule has 300 valence electrons. The standard InChI is InChI=1S/2C14H22N3O9.3Hf/c2*18-6(19)1-3-15-9-12(24)10(16-4-2-7(20)21)14(26)11(13(9)25)17-5-8(22)23;;;/h2*9-17H,1-5H2,(H,18,19)(H,20,21)(H,22,23);;;/q2*-3;3*+4/p-6/t2*9-,10+,11?,12?,13-,14+;;;. The van der Waals surface area contributed by atoms with Crippen molar-refractivity contribution in [2.75, 3.05) is 39.3 Å². The van der Waals surface area contributed by atoms with Crippen LogP contribution < -0.4 is 93.2 Å². The fourth-order valence-electron chi connectivity index (χ4n) is 5.62. The van der Waals surface area contributed by atoms with Gasteiger partial charge in [-0.2, -0.15) is 0 Å². The first-order chi connectivity index (χ1) is 24.3. The third kappa shape index (κ3) is 21.0. The van der Waals surface area contributed by atoms with E-state index >= 15 is 0 Å². The maximum absolute atomic E-state index is 12.5. The van der Waals surface area contributed by atoms with Gasteiger partial charge in [0.1, 0.15) is 0 Å². The maximum atomic E-state index is 12.5. The van der Waals surface area contributed by atoms with E-state index < -0.39 is 147 Å². The van der Waals surface area contributed by atoms with E-state index in [1.165, 1.54) is 0 Å². The number of carboxylic acids is 6. The smallest absolute Gasteiger partial charge is 0.850 e. The number of aliphatic carboxylic acids is 6. The molecule has 2 saturated carbocycles. The zero-order valence-electron chi connectivity index (χ0n) is 28.8. The zero-order chi connectivity index (χ0) is 39.7. The molecule has 0 aromatic carbocycles. The van der Waals surface area contributed by atoms with Crippen molar-refractivity contribution >= 4 is 35.8 Å². The third-order valence-corrected chi connectivity index (χ3v) is 8.05. The molecule has 0 heterocycles. The summed E-state index contributed by atoms with van der Waals surface area (Å²) in [4.78, 5) is 62.9. The predicted octanol–water partition coefficient (Wildman–Crippen LogP) is -19.8. The Morgan fingerprint density at radius 3 is 0.618 bits per heavy atom. The van der Waals surface area contributed by atoms with Crippen LogP contribution in [0.2, 0.25) is 0 Å². The fraction of sp³-hybridized carbons (Fsp3) is 0.786. The molecule has 0 amide bonds. The van der Waals surface area contributed by atoms with Gasteiger partial charge in [0.05, 0.1) is 11.9 Å². The van der Waals surface area contributed by atoms with E-state index in [-0.39, 0.29) is 104 Å². The van der Waals surface area contributed by atoms with Gasteiger partial charge in [0, 0.05) is 63.1 Å². The quantitative estimate of drug-likeness (QED) is 0.0548. The second-order valence-corrected chi connectivity index (χ2v) is 11.8. The summed E-state index contributed by atoms with van der Waals surface area (Å²) in [5, 5.41) is 152. The van der Waals surface area contributed by atoms with Gasteiger partial charge in [-0.05, 0) is 61.9 Å². The van der Waals surface area contributed by atoms with E-state index in [1.807, 2.05) is 0 Å². The molecule has 6 N–H and O–H groups in total. The van der Waals surface area contributed by atoms with Gasteiger partial charge < -0.3 is 122 Å². The number of hydrogen-bond acceptors (Lipinski definition) is 24. The Kier molecular flexibility index (Phi) is 31.8. The minimum Gasteiger partial charge on any atom is -0.850 e. The predicted molar refractivity (Wildman–Crippen MR) is 142 cm³/mol. The summed E-state index contributed by atoms with van der Waals surface area (Å²) in [5.74, 6) is -8.75. The number of rotatable bonds is 22. The Morgan fingerprint density at radius 2 is 0.473 bits per heavy atom. The number of carboxylic acid groups (broad SMARTS) is 6. The van der Waals surface area contributed by atoms with Gasteiger partial charge in [-0.25, -0.2) is 0 Å². The van der Waals surface area contributed by atoms with E-state index in [9.17, 15) is 90.0 Å². The average molecular weight is 1280 g/mol. The molecule has 24 nitrogen and oxygen atoms in total. The fourth-order valence-corrected chi connectivity index (χ4v) is 5.62. The summed E-state index contributed by atoms with van der Waals surface area (Å²) < 4.78 is 0.